The summed E-state index contributed by atoms with van der Waals surface area (Å²) in [6.07, 6.45) is 29.2. The molecule has 3 aromatic heterocycles. The highest BCUT2D eigenvalue weighted by Crippen LogP contribution is 2.31. The van der Waals surface area contributed by atoms with Crippen LogP contribution in [-0.4, -0.2) is 14.9 Å². The predicted molar refractivity (Wildman–Crippen MR) is 124 cm³/mol. The SMILES string of the molecule is C1=CC2=CC=CC3=CC=CC(=C1)N23.[O-][n+]1ccccc1.c1cc[nH]c1.c1ccncc1. The Labute approximate surface area is 182 Å². The van der Waals surface area contributed by atoms with Gasteiger partial charge in [0, 0.05) is 54.0 Å². The summed E-state index contributed by atoms with van der Waals surface area (Å²) in [4.78, 5) is 8.90. The van der Waals surface area contributed by atoms with E-state index < -0.39 is 0 Å². The fourth-order valence-electron chi connectivity index (χ4n) is 2.77. The highest BCUT2D eigenvalue weighted by Gasteiger charge is 2.19. The van der Waals surface area contributed by atoms with Gasteiger partial charge in [0.1, 0.15) is 0 Å². The molecule has 6 heterocycles. The maximum Gasteiger partial charge on any atom is 0.180 e. The van der Waals surface area contributed by atoms with Crippen molar-refractivity contribution < 1.29 is 4.73 Å². The average molecular weight is 409 g/mol. The van der Waals surface area contributed by atoms with Gasteiger partial charge in [0.25, 0.3) is 0 Å². The van der Waals surface area contributed by atoms with Crippen LogP contribution in [0.3, 0.4) is 0 Å². The lowest BCUT2D eigenvalue weighted by Gasteiger charge is -2.33. The summed E-state index contributed by atoms with van der Waals surface area (Å²) in [5.41, 5.74) is 3.74. The summed E-state index contributed by atoms with van der Waals surface area (Å²) < 4.78 is 0.750. The van der Waals surface area contributed by atoms with Gasteiger partial charge >= 0.3 is 0 Å². The van der Waals surface area contributed by atoms with Crippen molar-refractivity contribution in [1.82, 2.24) is 14.9 Å². The second kappa shape index (κ2) is 12.2. The summed E-state index contributed by atoms with van der Waals surface area (Å²) in [5.74, 6) is 0. The zero-order valence-electron chi connectivity index (χ0n) is 17.0. The molecular weight excluding hydrogens is 384 g/mol. The first-order valence-corrected chi connectivity index (χ1v) is 9.86. The predicted octanol–water partition coefficient (Wildman–Crippen LogP) is 5.07. The quantitative estimate of drug-likeness (QED) is 0.418. The van der Waals surface area contributed by atoms with E-state index in [4.69, 9.17) is 0 Å². The minimum atomic E-state index is 0.750. The molecule has 0 bridgehead atoms. The lowest BCUT2D eigenvalue weighted by molar-refractivity contribution is -0.605. The first-order chi connectivity index (χ1) is 15.3. The molecule has 6 rings (SSSR count). The molecule has 3 aromatic rings. The number of allylic oxidation sites excluding steroid dienone is 9. The fourth-order valence-corrected chi connectivity index (χ4v) is 2.77. The van der Waals surface area contributed by atoms with Gasteiger partial charge in [-0.2, -0.15) is 4.73 Å². The Bertz CT molecular complexity index is 966. The largest absolute Gasteiger partial charge is 0.619 e. The van der Waals surface area contributed by atoms with Crippen LogP contribution in [0.5, 0.6) is 0 Å². The number of rotatable bonds is 0. The van der Waals surface area contributed by atoms with Crippen molar-refractivity contribution in [2.75, 3.05) is 0 Å². The van der Waals surface area contributed by atoms with Crippen LogP contribution in [0.25, 0.3) is 0 Å². The minimum absolute atomic E-state index is 0.750. The molecule has 0 saturated carbocycles. The Morgan fingerprint density at radius 1 is 0.645 bits per heavy atom. The zero-order chi connectivity index (χ0) is 21.6. The maximum atomic E-state index is 10.2. The topological polar surface area (TPSA) is 58.9 Å². The summed E-state index contributed by atoms with van der Waals surface area (Å²) >= 11 is 0. The Balaban J connectivity index is 0.000000128. The first kappa shape index (κ1) is 21.3. The van der Waals surface area contributed by atoms with E-state index in [0.717, 1.165) is 4.73 Å². The third kappa shape index (κ3) is 7.18. The van der Waals surface area contributed by atoms with Crippen molar-refractivity contribution in [3.05, 3.63) is 163 Å². The van der Waals surface area contributed by atoms with E-state index in [-0.39, 0.29) is 0 Å². The lowest BCUT2D eigenvalue weighted by Crippen LogP contribution is -2.23. The second-order valence-corrected chi connectivity index (χ2v) is 6.33. The molecule has 0 atom stereocenters. The smallest absolute Gasteiger partial charge is 0.180 e. The molecule has 0 fully saturated rings. The van der Waals surface area contributed by atoms with E-state index >= 15 is 0 Å². The van der Waals surface area contributed by atoms with Gasteiger partial charge in [-0.25, -0.2) is 0 Å². The number of nitrogens with one attached hydrogen (secondary N) is 1. The fraction of sp³-hybridized carbons (Fsp3) is 0. The summed E-state index contributed by atoms with van der Waals surface area (Å²) in [6.45, 7) is 0. The minimum Gasteiger partial charge on any atom is -0.619 e. The second-order valence-electron chi connectivity index (χ2n) is 6.33. The van der Waals surface area contributed by atoms with Crippen LogP contribution in [-0.2, 0) is 0 Å². The van der Waals surface area contributed by atoms with Gasteiger partial charge in [-0.15, -0.1) is 0 Å². The van der Waals surface area contributed by atoms with Crippen LogP contribution >= 0.6 is 0 Å². The van der Waals surface area contributed by atoms with Crippen LogP contribution < -0.4 is 4.73 Å². The molecule has 0 radical (unpaired) electrons. The maximum absolute atomic E-state index is 10.2. The highest BCUT2D eigenvalue weighted by molar-refractivity contribution is 5.51. The van der Waals surface area contributed by atoms with Gasteiger partial charge in [0.05, 0.1) is 0 Å². The molecule has 5 heteroatoms. The monoisotopic (exact) mass is 408 g/mol. The van der Waals surface area contributed by atoms with Crippen molar-refractivity contribution in [1.29, 1.82) is 0 Å². The van der Waals surface area contributed by atoms with Crippen LogP contribution in [0.1, 0.15) is 0 Å². The Morgan fingerprint density at radius 3 is 1.42 bits per heavy atom. The number of nitrogens with zero attached hydrogens (tertiary/aromatic N) is 3. The highest BCUT2D eigenvalue weighted by atomic mass is 16.5. The van der Waals surface area contributed by atoms with Crippen molar-refractivity contribution >= 4 is 0 Å². The normalized spacial score (nSPS) is 14.1. The van der Waals surface area contributed by atoms with Crippen LogP contribution in [0, 0.1) is 5.21 Å². The molecule has 0 amide bonds. The third-order valence-electron chi connectivity index (χ3n) is 4.13. The number of hydrogen-bond donors (Lipinski definition) is 1. The molecule has 0 aliphatic carbocycles. The van der Waals surface area contributed by atoms with E-state index in [9.17, 15) is 5.21 Å². The molecule has 3 aliphatic rings. The van der Waals surface area contributed by atoms with Gasteiger partial charge in [0.2, 0.25) is 0 Å². The van der Waals surface area contributed by atoms with Crippen molar-refractivity contribution in [2.24, 2.45) is 0 Å². The molecule has 0 aromatic carbocycles. The summed E-state index contributed by atoms with van der Waals surface area (Å²) in [5, 5.41) is 10.2. The van der Waals surface area contributed by atoms with Gasteiger partial charge in [0.15, 0.2) is 12.4 Å². The van der Waals surface area contributed by atoms with Gasteiger partial charge in [-0.1, -0.05) is 30.4 Å². The average Bonchev–Trinajstić information content (AvgIpc) is 3.43. The molecule has 154 valence electrons. The number of pyridine rings is 2. The number of hydrogen-bond acceptors (Lipinski definition) is 3. The molecule has 5 nitrogen and oxygen atoms in total. The standard InChI is InChI=1S/C12H9N.C5H5NO.C5H5N.C4H5N/c1-4-10-6-2-8-12-9-3-7-11(5-1)13(10)12;7-6-4-2-1-3-5-6;1-2-4-6-5-3-1;1-2-4-5-3-1/h1-9H;1-5H;1-5H;1-5H. The van der Waals surface area contributed by atoms with Crippen LogP contribution in [0.4, 0.5) is 0 Å². The molecular formula is C26H24N4O. The number of aromatic amines is 1. The molecule has 31 heavy (non-hydrogen) atoms. The molecule has 0 unspecified atom stereocenters. The Kier molecular flexibility index (Phi) is 8.42. The molecule has 0 saturated heterocycles. The third-order valence-corrected chi connectivity index (χ3v) is 4.13. The Morgan fingerprint density at radius 2 is 1.13 bits per heavy atom. The van der Waals surface area contributed by atoms with Gasteiger partial charge in [-0.3, -0.25) is 4.98 Å². The number of H-pyrrole nitrogens is 1. The zero-order valence-corrected chi connectivity index (χ0v) is 17.0. The van der Waals surface area contributed by atoms with E-state index in [2.05, 4.69) is 69.6 Å². The van der Waals surface area contributed by atoms with Crippen molar-refractivity contribution in [3.8, 4) is 0 Å². The summed E-state index contributed by atoms with van der Waals surface area (Å²) in [6, 6.07) is 14.8. The number of aromatic nitrogens is 3. The van der Waals surface area contributed by atoms with Crippen LogP contribution in [0.15, 0.2) is 157 Å². The van der Waals surface area contributed by atoms with E-state index in [1.54, 1.807) is 30.6 Å². The molecule has 0 spiro atoms. The Hall–Kier alpha value is -4.38. The van der Waals surface area contributed by atoms with Crippen molar-refractivity contribution in [3.63, 3.8) is 0 Å². The lowest BCUT2D eigenvalue weighted by atomic mass is 10.1. The van der Waals surface area contributed by atoms with E-state index in [1.807, 2.05) is 42.7 Å². The van der Waals surface area contributed by atoms with E-state index in [0.29, 0.717) is 0 Å². The first-order valence-electron chi connectivity index (χ1n) is 9.86. The summed E-state index contributed by atoms with van der Waals surface area (Å²) in [7, 11) is 0. The van der Waals surface area contributed by atoms with Crippen LogP contribution in [0.2, 0.25) is 0 Å². The van der Waals surface area contributed by atoms with Crippen molar-refractivity contribution in [2.45, 2.75) is 0 Å². The van der Waals surface area contributed by atoms with Gasteiger partial charge in [-0.05, 0) is 60.7 Å². The van der Waals surface area contributed by atoms with E-state index in [1.165, 1.54) is 29.5 Å². The molecule has 3 aliphatic heterocycles. The molecule has 1 N–H and O–H groups in total. The van der Waals surface area contributed by atoms with Gasteiger partial charge < -0.3 is 15.1 Å².